The normalized spacial score (nSPS) is 27.2. The van der Waals surface area contributed by atoms with Crippen LogP contribution in [0.3, 0.4) is 0 Å². The Morgan fingerprint density at radius 3 is 3.10 bits per heavy atom. The van der Waals surface area contributed by atoms with Crippen molar-refractivity contribution in [1.82, 2.24) is 4.90 Å². The van der Waals surface area contributed by atoms with Crippen LogP contribution in [0.25, 0.3) is 0 Å². The molecule has 2 atom stereocenters. The molecule has 1 fully saturated rings. The number of rotatable bonds is 4. The molecule has 1 saturated heterocycles. The highest BCUT2D eigenvalue weighted by Gasteiger charge is 2.26. The summed E-state index contributed by atoms with van der Waals surface area (Å²) in [5, 5.41) is 1.13. The fourth-order valence-corrected chi connectivity index (χ4v) is 4.22. The average Bonchev–Trinajstić information content (AvgIpc) is 2.48. The molecule has 0 spiro atoms. The summed E-state index contributed by atoms with van der Waals surface area (Å²) in [6, 6.07) is 8.80. The number of benzene rings is 1. The fraction of sp³-hybridized carbons (Fsp3) is 0.647. The number of nitrogens with zero attached hydrogens (tertiary/aromatic N) is 1. The third-order valence-electron chi connectivity index (χ3n) is 4.64. The molecule has 2 aliphatic rings. The third kappa shape index (κ3) is 3.44. The van der Waals surface area contributed by atoms with Crippen LogP contribution in [-0.2, 0) is 11.2 Å². The summed E-state index contributed by atoms with van der Waals surface area (Å²) in [6.45, 7) is 4.42. The number of likely N-dealkylation sites (tertiary alicyclic amines) is 1. The molecular formula is C17H24BrNO. The van der Waals surface area contributed by atoms with Crippen LogP contribution < -0.4 is 0 Å². The van der Waals surface area contributed by atoms with Crippen LogP contribution in [0.15, 0.2) is 24.3 Å². The van der Waals surface area contributed by atoms with Gasteiger partial charge in [0.15, 0.2) is 0 Å². The van der Waals surface area contributed by atoms with Gasteiger partial charge in [0, 0.05) is 18.4 Å². The predicted molar refractivity (Wildman–Crippen MR) is 86.4 cm³/mol. The Morgan fingerprint density at radius 2 is 2.20 bits per heavy atom. The Labute approximate surface area is 130 Å². The third-order valence-corrected chi connectivity index (χ3v) is 5.09. The van der Waals surface area contributed by atoms with Crippen LogP contribution in [0.2, 0.25) is 0 Å². The van der Waals surface area contributed by atoms with E-state index in [1.807, 2.05) is 0 Å². The van der Waals surface area contributed by atoms with Gasteiger partial charge >= 0.3 is 0 Å². The molecule has 110 valence electrons. The van der Waals surface area contributed by atoms with Gasteiger partial charge in [-0.15, -0.1) is 0 Å². The van der Waals surface area contributed by atoms with E-state index in [-0.39, 0.29) is 6.10 Å². The van der Waals surface area contributed by atoms with Gasteiger partial charge in [0.05, 0.1) is 12.7 Å². The molecule has 20 heavy (non-hydrogen) atoms. The Morgan fingerprint density at radius 1 is 1.30 bits per heavy atom. The minimum absolute atomic E-state index is 0.280. The van der Waals surface area contributed by atoms with Crippen LogP contribution in [-0.4, -0.2) is 36.5 Å². The van der Waals surface area contributed by atoms with Crippen molar-refractivity contribution >= 4 is 15.9 Å². The van der Waals surface area contributed by atoms with E-state index in [0.29, 0.717) is 0 Å². The van der Waals surface area contributed by atoms with Gasteiger partial charge in [-0.2, -0.15) is 0 Å². The Hall–Kier alpha value is -0.380. The SMILES string of the molecule is BrCCC1CCCN(CC2OCCc3ccccc32)C1. The van der Waals surface area contributed by atoms with Gasteiger partial charge in [0.25, 0.3) is 0 Å². The number of alkyl halides is 1. The van der Waals surface area contributed by atoms with Crippen molar-refractivity contribution in [2.24, 2.45) is 5.92 Å². The van der Waals surface area contributed by atoms with Crippen molar-refractivity contribution in [3.05, 3.63) is 35.4 Å². The maximum absolute atomic E-state index is 6.05. The monoisotopic (exact) mass is 337 g/mol. The van der Waals surface area contributed by atoms with E-state index in [4.69, 9.17) is 4.74 Å². The Kier molecular flexibility index (Phi) is 5.14. The molecule has 2 heterocycles. The van der Waals surface area contributed by atoms with Crippen molar-refractivity contribution in [3.8, 4) is 0 Å². The highest BCUT2D eigenvalue weighted by atomic mass is 79.9. The van der Waals surface area contributed by atoms with E-state index in [2.05, 4.69) is 45.1 Å². The number of piperidine rings is 1. The molecule has 2 unspecified atom stereocenters. The highest BCUT2D eigenvalue weighted by Crippen LogP contribution is 2.29. The Balaban J connectivity index is 1.63. The smallest absolute Gasteiger partial charge is 0.0954 e. The summed E-state index contributed by atoms with van der Waals surface area (Å²) >= 11 is 3.58. The minimum atomic E-state index is 0.280. The maximum atomic E-state index is 6.05. The molecule has 0 bridgehead atoms. The molecule has 0 saturated carbocycles. The van der Waals surface area contributed by atoms with E-state index in [0.717, 1.165) is 30.8 Å². The van der Waals surface area contributed by atoms with Crippen molar-refractivity contribution < 1.29 is 4.74 Å². The number of halogens is 1. The first-order chi connectivity index (χ1) is 9.86. The Bertz CT molecular complexity index is 435. The van der Waals surface area contributed by atoms with Crippen LogP contribution in [0.5, 0.6) is 0 Å². The lowest BCUT2D eigenvalue weighted by Crippen LogP contribution is -2.39. The lowest BCUT2D eigenvalue weighted by atomic mass is 9.93. The molecule has 2 aliphatic heterocycles. The summed E-state index contributed by atoms with van der Waals surface area (Å²) in [6.07, 6.45) is 5.39. The van der Waals surface area contributed by atoms with Gasteiger partial charge in [-0.3, -0.25) is 0 Å². The number of hydrogen-bond donors (Lipinski definition) is 0. The topological polar surface area (TPSA) is 12.5 Å². The van der Waals surface area contributed by atoms with E-state index >= 15 is 0 Å². The second-order valence-corrected chi connectivity index (χ2v) is 6.85. The molecule has 1 aromatic rings. The van der Waals surface area contributed by atoms with Gasteiger partial charge in [-0.05, 0) is 49.3 Å². The predicted octanol–water partition coefficient (Wildman–Crippen LogP) is 3.80. The number of fused-ring (bicyclic) bond motifs is 1. The van der Waals surface area contributed by atoms with Crippen LogP contribution in [0.1, 0.15) is 36.5 Å². The van der Waals surface area contributed by atoms with Crippen molar-refractivity contribution in [2.45, 2.75) is 31.8 Å². The van der Waals surface area contributed by atoms with Crippen molar-refractivity contribution in [3.63, 3.8) is 0 Å². The summed E-state index contributed by atoms with van der Waals surface area (Å²) < 4.78 is 6.05. The number of ether oxygens (including phenoxy) is 1. The van der Waals surface area contributed by atoms with Gasteiger partial charge in [-0.25, -0.2) is 0 Å². The van der Waals surface area contributed by atoms with E-state index in [9.17, 15) is 0 Å². The molecule has 0 N–H and O–H groups in total. The maximum Gasteiger partial charge on any atom is 0.0954 e. The van der Waals surface area contributed by atoms with Crippen LogP contribution in [0.4, 0.5) is 0 Å². The van der Waals surface area contributed by atoms with E-state index < -0.39 is 0 Å². The van der Waals surface area contributed by atoms with Gasteiger partial charge in [0.1, 0.15) is 0 Å². The first-order valence-electron chi connectivity index (χ1n) is 7.84. The molecule has 3 heteroatoms. The van der Waals surface area contributed by atoms with E-state index in [1.54, 1.807) is 0 Å². The molecule has 1 aromatic carbocycles. The summed E-state index contributed by atoms with van der Waals surface area (Å²) in [5.74, 6) is 0.863. The standard InChI is InChI=1S/C17H24BrNO/c18-9-7-14-4-3-10-19(12-14)13-17-16-6-2-1-5-15(16)8-11-20-17/h1-2,5-6,14,17H,3-4,7-13H2. The highest BCUT2D eigenvalue weighted by molar-refractivity contribution is 9.09. The lowest BCUT2D eigenvalue weighted by Gasteiger charge is -2.36. The summed E-state index contributed by atoms with van der Waals surface area (Å²) in [5.41, 5.74) is 2.90. The fourth-order valence-electron chi connectivity index (χ4n) is 3.57. The minimum Gasteiger partial charge on any atom is -0.372 e. The largest absolute Gasteiger partial charge is 0.372 e. The van der Waals surface area contributed by atoms with Crippen LogP contribution in [0, 0.1) is 5.92 Å². The molecule has 2 nitrogen and oxygen atoms in total. The first kappa shape index (κ1) is 14.6. The van der Waals surface area contributed by atoms with Crippen molar-refractivity contribution in [2.75, 3.05) is 31.6 Å². The lowest BCUT2D eigenvalue weighted by molar-refractivity contribution is 0.00661. The molecule has 0 radical (unpaired) electrons. The van der Waals surface area contributed by atoms with Gasteiger partial charge in [-0.1, -0.05) is 40.2 Å². The summed E-state index contributed by atoms with van der Waals surface area (Å²) in [4.78, 5) is 2.61. The number of hydrogen-bond acceptors (Lipinski definition) is 2. The second kappa shape index (κ2) is 7.06. The van der Waals surface area contributed by atoms with E-state index in [1.165, 1.54) is 43.5 Å². The molecular weight excluding hydrogens is 314 g/mol. The molecule has 0 amide bonds. The first-order valence-corrected chi connectivity index (χ1v) is 8.96. The van der Waals surface area contributed by atoms with Gasteiger partial charge < -0.3 is 9.64 Å². The van der Waals surface area contributed by atoms with Gasteiger partial charge in [0.2, 0.25) is 0 Å². The zero-order valence-electron chi connectivity index (χ0n) is 12.1. The molecule has 0 aliphatic carbocycles. The second-order valence-electron chi connectivity index (χ2n) is 6.05. The molecule has 3 rings (SSSR count). The quantitative estimate of drug-likeness (QED) is 0.775. The van der Waals surface area contributed by atoms with Crippen LogP contribution >= 0.6 is 15.9 Å². The zero-order chi connectivity index (χ0) is 13.8. The van der Waals surface area contributed by atoms with Crippen molar-refractivity contribution in [1.29, 1.82) is 0 Å². The summed E-state index contributed by atoms with van der Waals surface area (Å²) in [7, 11) is 0. The zero-order valence-corrected chi connectivity index (χ0v) is 13.6. The molecule has 0 aromatic heterocycles. The average molecular weight is 338 g/mol.